The Morgan fingerprint density at radius 2 is 1.91 bits per heavy atom. The SMILES string of the molecule is CN(C)C/C=C/C(=O)N1CCN(c2ncnc3c(F)c(-c4c(O)cccc4F)c(Cl)cc23)CC1. The van der Waals surface area contributed by atoms with E-state index in [-0.39, 0.29) is 27.6 Å². The number of piperazine rings is 1. The number of anilines is 1. The first kappa shape index (κ1) is 23.8. The highest BCUT2D eigenvalue weighted by Crippen LogP contribution is 2.42. The zero-order valence-electron chi connectivity index (χ0n) is 18.8. The van der Waals surface area contributed by atoms with E-state index in [1.807, 2.05) is 30.0 Å². The minimum Gasteiger partial charge on any atom is -0.507 e. The van der Waals surface area contributed by atoms with E-state index in [0.717, 1.165) is 6.07 Å². The highest BCUT2D eigenvalue weighted by molar-refractivity contribution is 6.34. The van der Waals surface area contributed by atoms with Gasteiger partial charge in [0.15, 0.2) is 5.82 Å². The fourth-order valence-electron chi connectivity index (χ4n) is 3.97. The molecule has 0 radical (unpaired) electrons. The molecule has 1 amide bonds. The lowest BCUT2D eigenvalue weighted by Gasteiger charge is -2.35. The number of phenolic OH excluding ortho intramolecular Hbond substituents is 1. The Kier molecular flexibility index (Phi) is 6.95. The van der Waals surface area contributed by atoms with E-state index < -0.39 is 17.4 Å². The molecule has 10 heteroatoms. The standard InChI is InChI=1S/C24H24ClF2N5O2/c1-30(2)8-4-7-19(34)31-9-11-32(12-10-31)24-15-13-16(25)20(22(27)23(15)28-14-29-24)21-17(26)5-3-6-18(21)33/h3-7,13-14,33H,8-12H2,1-2H3/b7-4+. The Hall–Kier alpha value is -3.30. The number of benzene rings is 2. The third-order valence-corrected chi connectivity index (χ3v) is 5.96. The molecule has 1 aliphatic heterocycles. The van der Waals surface area contributed by atoms with Crippen molar-refractivity contribution in [2.45, 2.75) is 0 Å². The molecule has 7 nitrogen and oxygen atoms in total. The lowest BCUT2D eigenvalue weighted by molar-refractivity contribution is -0.126. The smallest absolute Gasteiger partial charge is 0.246 e. The zero-order chi connectivity index (χ0) is 24.4. The maximum absolute atomic E-state index is 15.5. The van der Waals surface area contributed by atoms with Crippen LogP contribution in [0.15, 0.2) is 42.7 Å². The van der Waals surface area contributed by atoms with E-state index in [0.29, 0.717) is 43.9 Å². The normalized spacial score (nSPS) is 14.5. The first-order valence-corrected chi connectivity index (χ1v) is 11.1. The fourth-order valence-corrected chi connectivity index (χ4v) is 4.25. The predicted molar refractivity (Wildman–Crippen MR) is 128 cm³/mol. The van der Waals surface area contributed by atoms with Gasteiger partial charge in [0.05, 0.1) is 10.6 Å². The highest BCUT2D eigenvalue weighted by Gasteiger charge is 2.26. The van der Waals surface area contributed by atoms with Crippen LogP contribution in [-0.4, -0.2) is 77.6 Å². The molecule has 3 aromatic rings. The van der Waals surface area contributed by atoms with Gasteiger partial charge in [-0.1, -0.05) is 23.7 Å². The molecule has 178 valence electrons. The van der Waals surface area contributed by atoms with Gasteiger partial charge in [-0.05, 0) is 32.3 Å². The number of nitrogens with zero attached hydrogens (tertiary/aromatic N) is 5. The van der Waals surface area contributed by atoms with Crippen molar-refractivity contribution in [2.24, 2.45) is 0 Å². The van der Waals surface area contributed by atoms with Gasteiger partial charge in [0, 0.05) is 49.7 Å². The first-order chi connectivity index (χ1) is 16.3. The molecule has 1 fully saturated rings. The molecule has 34 heavy (non-hydrogen) atoms. The van der Waals surface area contributed by atoms with Gasteiger partial charge in [-0.3, -0.25) is 4.79 Å². The summed E-state index contributed by atoms with van der Waals surface area (Å²) in [5, 5.41) is 10.4. The minimum absolute atomic E-state index is 0.0304. The van der Waals surface area contributed by atoms with Crippen LogP contribution in [0.3, 0.4) is 0 Å². The molecule has 4 rings (SSSR count). The number of phenols is 1. The van der Waals surface area contributed by atoms with Crippen molar-refractivity contribution in [3.8, 4) is 16.9 Å². The van der Waals surface area contributed by atoms with E-state index in [1.54, 1.807) is 11.0 Å². The molecule has 0 atom stereocenters. The predicted octanol–water partition coefficient (Wildman–Crippen LogP) is 3.70. The number of carbonyl (C=O) groups is 1. The third-order valence-electron chi connectivity index (χ3n) is 5.66. The summed E-state index contributed by atoms with van der Waals surface area (Å²) in [6.07, 6.45) is 4.63. The Morgan fingerprint density at radius 3 is 2.59 bits per heavy atom. The number of halogens is 3. The zero-order valence-corrected chi connectivity index (χ0v) is 19.6. The first-order valence-electron chi connectivity index (χ1n) is 10.7. The summed E-state index contributed by atoms with van der Waals surface area (Å²) in [6, 6.07) is 5.19. The average molecular weight is 488 g/mol. The number of hydrogen-bond donors (Lipinski definition) is 1. The lowest BCUT2D eigenvalue weighted by atomic mass is 10.0. The molecule has 0 saturated carbocycles. The van der Waals surface area contributed by atoms with Crippen molar-refractivity contribution >= 4 is 34.2 Å². The van der Waals surface area contributed by atoms with Crippen molar-refractivity contribution in [1.29, 1.82) is 0 Å². The van der Waals surface area contributed by atoms with E-state index in [1.165, 1.54) is 24.5 Å². The second-order valence-corrected chi connectivity index (χ2v) is 8.66. The van der Waals surface area contributed by atoms with Crippen LogP contribution >= 0.6 is 11.6 Å². The monoisotopic (exact) mass is 487 g/mol. The van der Waals surface area contributed by atoms with Crippen LogP contribution in [0.1, 0.15) is 0 Å². The van der Waals surface area contributed by atoms with Crippen molar-refractivity contribution in [1.82, 2.24) is 19.8 Å². The van der Waals surface area contributed by atoms with Gasteiger partial charge >= 0.3 is 0 Å². The van der Waals surface area contributed by atoms with E-state index in [2.05, 4.69) is 9.97 Å². The summed E-state index contributed by atoms with van der Waals surface area (Å²) in [4.78, 5) is 26.5. The molecule has 0 spiro atoms. The maximum atomic E-state index is 15.5. The van der Waals surface area contributed by atoms with Crippen LogP contribution in [-0.2, 0) is 4.79 Å². The van der Waals surface area contributed by atoms with Gasteiger partial charge in [0.25, 0.3) is 0 Å². The molecular formula is C24H24ClF2N5O2. The molecule has 2 heterocycles. The second kappa shape index (κ2) is 9.90. The number of carbonyl (C=O) groups excluding carboxylic acids is 1. The van der Waals surface area contributed by atoms with Crippen molar-refractivity contribution in [2.75, 3.05) is 51.7 Å². The van der Waals surface area contributed by atoms with Gasteiger partial charge in [0.1, 0.15) is 29.2 Å². The number of aromatic nitrogens is 2. The van der Waals surface area contributed by atoms with Crippen LogP contribution in [0.25, 0.3) is 22.0 Å². The number of hydrogen-bond acceptors (Lipinski definition) is 6. The summed E-state index contributed by atoms with van der Waals surface area (Å²) in [6.45, 7) is 2.63. The number of amides is 1. The minimum atomic E-state index is -0.841. The summed E-state index contributed by atoms with van der Waals surface area (Å²) >= 11 is 6.38. The average Bonchev–Trinajstić information content (AvgIpc) is 2.80. The van der Waals surface area contributed by atoms with Gasteiger partial charge in [-0.2, -0.15) is 0 Å². The number of fused-ring (bicyclic) bond motifs is 1. The molecule has 0 aliphatic carbocycles. The molecule has 0 unspecified atom stereocenters. The second-order valence-electron chi connectivity index (χ2n) is 8.25. The van der Waals surface area contributed by atoms with Gasteiger partial charge in [-0.25, -0.2) is 18.7 Å². The summed E-state index contributed by atoms with van der Waals surface area (Å²) in [5.41, 5.74) is -0.604. The Bertz CT molecular complexity index is 1240. The van der Waals surface area contributed by atoms with E-state index >= 15 is 4.39 Å². The molecule has 1 aliphatic rings. The van der Waals surface area contributed by atoms with Crippen molar-refractivity contribution in [3.63, 3.8) is 0 Å². The van der Waals surface area contributed by atoms with Gasteiger partial charge in [-0.15, -0.1) is 0 Å². The molecule has 1 saturated heterocycles. The quantitative estimate of drug-likeness (QED) is 0.553. The molecule has 1 N–H and O–H groups in total. The Morgan fingerprint density at radius 1 is 1.18 bits per heavy atom. The molecule has 0 bridgehead atoms. The van der Waals surface area contributed by atoms with E-state index in [4.69, 9.17) is 11.6 Å². The molecule has 2 aromatic carbocycles. The number of rotatable bonds is 5. The summed E-state index contributed by atoms with van der Waals surface area (Å²) < 4.78 is 30.0. The largest absolute Gasteiger partial charge is 0.507 e. The topological polar surface area (TPSA) is 72.8 Å². The van der Waals surface area contributed by atoms with Crippen LogP contribution < -0.4 is 4.90 Å². The summed E-state index contributed by atoms with van der Waals surface area (Å²) in [5.74, 6) is -1.64. The Balaban J connectivity index is 1.62. The highest BCUT2D eigenvalue weighted by atomic mass is 35.5. The van der Waals surface area contributed by atoms with Crippen LogP contribution in [0.4, 0.5) is 14.6 Å². The van der Waals surface area contributed by atoms with Crippen LogP contribution in [0.2, 0.25) is 5.02 Å². The van der Waals surface area contributed by atoms with Crippen molar-refractivity contribution in [3.05, 3.63) is 59.4 Å². The van der Waals surface area contributed by atoms with E-state index in [9.17, 15) is 14.3 Å². The summed E-state index contributed by atoms with van der Waals surface area (Å²) in [7, 11) is 3.85. The fraction of sp³-hybridized carbons (Fsp3) is 0.292. The molecule has 1 aromatic heterocycles. The number of likely N-dealkylation sites (N-methyl/N-ethyl adjacent to an activating group) is 1. The Labute approximate surface area is 200 Å². The van der Waals surface area contributed by atoms with Crippen LogP contribution in [0, 0.1) is 11.6 Å². The van der Waals surface area contributed by atoms with Crippen molar-refractivity contribution < 1.29 is 18.7 Å². The maximum Gasteiger partial charge on any atom is 0.246 e. The number of aromatic hydroxyl groups is 1. The lowest BCUT2D eigenvalue weighted by Crippen LogP contribution is -2.48. The van der Waals surface area contributed by atoms with Gasteiger partial charge < -0.3 is 19.8 Å². The van der Waals surface area contributed by atoms with Gasteiger partial charge in [0.2, 0.25) is 5.91 Å². The molecular weight excluding hydrogens is 464 g/mol. The third kappa shape index (κ3) is 4.67. The van der Waals surface area contributed by atoms with Crippen LogP contribution in [0.5, 0.6) is 5.75 Å².